The summed E-state index contributed by atoms with van der Waals surface area (Å²) in [5.74, 6) is 0.916. The van der Waals surface area contributed by atoms with Crippen molar-refractivity contribution in [1.29, 1.82) is 0 Å². The maximum absolute atomic E-state index is 12.5. The van der Waals surface area contributed by atoms with Crippen LogP contribution in [0.1, 0.15) is 48.7 Å². The fourth-order valence-corrected chi connectivity index (χ4v) is 2.54. The van der Waals surface area contributed by atoms with Gasteiger partial charge >= 0.3 is 0 Å². The molecule has 0 aliphatic heterocycles. The second-order valence-electron chi connectivity index (χ2n) is 5.72. The maximum Gasteiger partial charge on any atom is 0.293 e. The van der Waals surface area contributed by atoms with Gasteiger partial charge in [0.05, 0.1) is 12.3 Å². The highest BCUT2D eigenvalue weighted by atomic mass is 16.3. The van der Waals surface area contributed by atoms with Crippen LogP contribution in [0.4, 0.5) is 0 Å². The molecule has 0 unspecified atom stereocenters. The van der Waals surface area contributed by atoms with E-state index in [2.05, 4.69) is 30.0 Å². The van der Waals surface area contributed by atoms with Gasteiger partial charge < -0.3 is 10.0 Å². The number of carbonyl (C=O) groups excluding carboxylic acids is 1. The third-order valence-electron chi connectivity index (χ3n) is 3.79. The molecule has 1 aromatic carbocycles. The lowest BCUT2D eigenvalue weighted by Gasteiger charge is -2.17. The van der Waals surface area contributed by atoms with E-state index in [4.69, 9.17) is 5.11 Å². The van der Waals surface area contributed by atoms with E-state index in [9.17, 15) is 4.79 Å². The molecular weight excluding hydrogens is 292 g/mol. The van der Waals surface area contributed by atoms with Gasteiger partial charge in [-0.15, -0.1) is 5.10 Å². The summed E-state index contributed by atoms with van der Waals surface area (Å²) in [6, 6.07) is 7.99. The number of aliphatic hydroxyl groups is 1. The van der Waals surface area contributed by atoms with E-state index in [1.54, 1.807) is 4.68 Å². The van der Waals surface area contributed by atoms with Gasteiger partial charge in [-0.05, 0) is 31.4 Å². The molecule has 0 spiro atoms. The molecule has 0 aliphatic carbocycles. The highest BCUT2D eigenvalue weighted by molar-refractivity contribution is 5.90. The second-order valence-corrected chi connectivity index (χ2v) is 5.72. The van der Waals surface area contributed by atoms with Crippen molar-refractivity contribution in [2.24, 2.45) is 0 Å². The molecule has 2 aromatic rings. The number of aliphatic hydroxyl groups excluding tert-OH is 1. The van der Waals surface area contributed by atoms with Gasteiger partial charge in [-0.2, -0.15) is 0 Å². The topological polar surface area (TPSA) is 71.2 Å². The summed E-state index contributed by atoms with van der Waals surface area (Å²) < 4.78 is 1.72. The van der Waals surface area contributed by atoms with Crippen molar-refractivity contribution >= 4 is 5.91 Å². The first-order valence-corrected chi connectivity index (χ1v) is 7.92. The number of nitrogens with zero attached hydrogens (tertiary/aromatic N) is 4. The Labute approximate surface area is 136 Å². The van der Waals surface area contributed by atoms with Gasteiger partial charge in [0.25, 0.3) is 5.91 Å². The Hall–Kier alpha value is -2.21. The lowest BCUT2D eigenvalue weighted by molar-refractivity contribution is 0.0720. The predicted octanol–water partition coefficient (Wildman–Crippen LogP) is 2.15. The highest BCUT2D eigenvalue weighted by Crippen LogP contribution is 2.23. The zero-order chi connectivity index (χ0) is 17.0. The van der Waals surface area contributed by atoms with E-state index in [1.807, 2.05) is 32.0 Å². The summed E-state index contributed by atoms with van der Waals surface area (Å²) in [4.78, 5) is 18.3. The number of para-hydroxylation sites is 1. The van der Waals surface area contributed by atoms with Crippen LogP contribution in [-0.2, 0) is 0 Å². The molecule has 1 aromatic heterocycles. The monoisotopic (exact) mass is 316 g/mol. The number of amides is 1. The number of hydrogen-bond acceptors (Lipinski definition) is 4. The third kappa shape index (κ3) is 3.59. The first-order chi connectivity index (χ1) is 11.0. The number of aryl methyl sites for hydroxylation is 1. The van der Waals surface area contributed by atoms with Crippen molar-refractivity contribution in [1.82, 2.24) is 19.7 Å². The number of rotatable bonds is 6. The van der Waals surface area contributed by atoms with Crippen LogP contribution in [0.5, 0.6) is 0 Å². The number of carbonyl (C=O) groups is 1. The van der Waals surface area contributed by atoms with Crippen LogP contribution in [0.25, 0.3) is 5.69 Å². The van der Waals surface area contributed by atoms with E-state index >= 15 is 0 Å². The maximum atomic E-state index is 12.5. The number of benzene rings is 1. The Balaban J connectivity index is 2.41. The van der Waals surface area contributed by atoms with E-state index in [0.717, 1.165) is 11.3 Å². The standard InChI is InChI=1S/C17H24N4O2/c1-5-20(10-11-22)17(23)16-18-13(4)21(19-16)15-9-7-6-8-14(15)12(2)3/h6-9,12,22H,5,10-11H2,1-4H3. The van der Waals surface area contributed by atoms with E-state index in [1.165, 1.54) is 4.90 Å². The van der Waals surface area contributed by atoms with Crippen LogP contribution in [0.15, 0.2) is 24.3 Å². The molecule has 2 rings (SSSR count). The lowest BCUT2D eigenvalue weighted by Crippen LogP contribution is -2.34. The molecule has 0 aliphatic rings. The number of likely N-dealkylation sites (N-methyl/N-ethyl adjacent to an activating group) is 1. The molecule has 0 saturated carbocycles. The molecular formula is C17H24N4O2. The van der Waals surface area contributed by atoms with Crippen LogP contribution in [0.2, 0.25) is 0 Å². The minimum Gasteiger partial charge on any atom is -0.395 e. The third-order valence-corrected chi connectivity index (χ3v) is 3.79. The van der Waals surface area contributed by atoms with Gasteiger partial charge in [0, 0.05) is 13.1 Å². The smallest absolute Gasteiger partial charge is 0.293 e. The SMILES string of the molecule is CCN(CCO)C(=O)c1nc(C)n(-c2ccccc2C(C)C)n1. The normalized spacial score (nSPS) is 11.0. The fraction of sp³-hybridized carbons (Fsp3) is 0.471. The molecule has 0 fully saturated rings. The molecule has 0 bridgehead atoms. The summed E-state index contributed by atoms with van der Waals surface area (Å²) in [6.45, 7) is 8.67. The summed E-state index contributed by atoms with van der Waals surface area (Å²) in [6.07, 6.45) is 0. The first-order valence-electron chi connectivity index (χ1n) is 7.92. The molecule has 0 radical (unpaired) electrons. The van der Waals surface area contributed by atoms with Gasteiger partial charge in [-0.3, -0.25) is 4.79 Å². The minimum atomic E-state index is -0.259. The Morgan fingerprint density at radius 2 is 2.04 bits per heavy atom. The molecule has 23 heavy (non-hydrogen) atoms. The molecule has 6 nitrogen and oxygen atoms in total. The molecule has 1 N–H and O–H groups in total. The first kappa shape index (κ1) is 17.1. The van der Waals surface area contributed by atoms with Crippen molar-refractivity contribution in [2.45, 2.75) is 33.6 Å². The largest absolute Gasteiger partial charge is 0.395 e. The molecule has 124 valence electrons. The van der Waals surface area contributed by atoms with E-state index in [0.29, 0.717) is 18.3 Å². The van der Waals surface area contributed by atoms with Gasteiger partial charge in [-0.1, -0.05) is 32.0 Å². The zero-order valence-corrected chi connectivity index (χ0v) is 14.2. The van der Waals surface area contributed by atoms with Crippen molar-refractivity contribution in [3.63, 3.8) is 0 Å². The molecule has 0 atom stereocenters. The highest BCUT2D eigenvalue weighted by Gasteiger charge is 2.21. The lowest BCUT2D eigenvalue weighted by atomic mass is 10.0. The predicted molar refractivity (Wildman–Crippen MR) is 88.8 cm³/mol. The summed E-state index contributed by atoms with van der Waals surface area (Å²) in [5, 5.41) is 13.5. The van der Waals surface area contributed by atoms with E-state index in [-0.39, 0.29) is 24.9 Å². The molecule has 6 heteroatoms. The quantitative estimate of drug-likeness (QED) is 0.886. The summed E-state index contributed by atoms with van der Waals surface area (Å²) in [5.41, 5.74) is 2.10. The summed E-state index contributed by atoms with van der Waals surface area (Å²) >= 11 is 0. The second kappa shape index (κ2) is 7.37. The summed E-state index contributed by atoms with van der Waals surface area (Å²) in [7, 11) is 0. The number of aromatic nitrogens is 3. The van der Waals surface area contributed by atoms with Gasteiger partial charge in [0.2, 0.25) is 5.82 Å². The van der Waals surface area contributed by atoms with Crippen LogP contribution < -0.4 is 0 Å². The average molecular weight is 316 g/mol. The molecule has 0 saturated heterocycles. The average Bonchev–Trinajstić information content (AvgIpc) is 2.93. The van der Waals surface area contributed by atoms with Crippen LogP contribution in [-0.4, -0.2) is 50.4 Å². The Morgan fingerprint density at radius 3 is 2.65 bits per heavy atom. The zero-order valence-electron chi connectivity index (χ0n) is 14.2. The van der Waals surface area contributed by atoms with Gasteiger partial charge in [0.1, 0.15) is 5.82 Å². The van der Waals surface area contributed by atoms with Crippen molar-refractivity contribution in [3.05, 3.63) is 41.5 Å². The minimum absolute atomic E-state index is 0.0740. The molecule has 1 amide bonds. The molecule has 1 heterocycles. The van der Waals surface area contributed by atoms with Crippen LogP contribution >= 0.6 is 0 Å². The van der Waals surface area contributed by atoms with Crippen LogP contribution in [0.3, 0.4) is 0 Å². The van der Waals surface area contributed by atoms with E-state index < -0.39 is 0 Å². The van der Waals surface area contributed by atoms with Crippen molar-refractivity contribution in [2.75, 3.05) is 19.7 Å². The van der Waals surface area contributed by atoms with Gasteiger partial charge in [0.15, 0.2) is 0 Å². The van der Waals surface area contributed by atoms with Gasteiger partial charge in [-0.25, -0.2) is 9.67 Å². The fourth-order valence-electron chi connectivity index (χ4n) is 2.54. The van der Waals surface area contributed by atoms with Crippen LogP contribution in [0, 0.1) is 6.92 Å². The Kier molecular flexibility index (Phi) is 5.50. The number of hydrogen-bond donors (Lipinski definition) is 1. The Bertz CT molecular complexity index is 679. The van der Waals surface area contributed by atoms with Crippen molar-refractivity contribution in [3.8, 4) is 5.69 Å². The van der Waals surface area contributed by atoms with Crippen molar-refractivity contribution < 1.29 is 9.90 Å². The Morgan fingerprint density at radius 1 is 1.35 bits per heavy atom.